The highest BCUT2D eigenvalue weighted by atomic mass is 16.5. The van der Waals surface area contributed by atoms with Crippen LogP contribution < -0.4 is 4.74 Å². The van der Waals surface area contributed by atoms with Gasteiger partial charge in [0.15, 0.2) is 0 Å². The lowest BCUT2D eigenvalue weighted by atomic mass is 9.83. The fraction of sp³-hybridized carbons (Fsp3) is 0.500. The van der Waals surface area contributed by atoms with E-state index in [1.54, 1.807) is 6.20 Å². The van der Waals surface area contributed by atoms with E-state index in [4.69, 9.17) is 14.2 Å². The zero-order chi connectivity index (χ0) is 20.8. The van der Waals surface area contributed by atoms with Gasteiger partial charge in [-0.05, 0) is 37.0 Å². The number of amides is 1. The van der Waals surface area contributed by atoms with E-state index in [0.29, 0.717) is 32.2 Å². The molecule has 1 amide bonds. The first-order valence-corrected chi connectivity index (χ1v) is 10.7. The minimum absolute atomic E-state index is 0.0494. The number of rotatable bonds is 6. The Morgan fingerprint density at radius 3 is 2.80 bits per heavy atom. The summed E-state index contributed by atoms with van der Waals surface area (Å²) in [6, 6.07) is 13.9. The summed E-state index contributed by atoms with van der Waals surface area (Å²) in [5.74, 6) is 0.730. The van der Waals surface area contributed by atoms with Gasteiger partial charge in [0.1, 0.15) is 12.7 Å². The van der Waals surface area contributed by atoms with Gasteiger partial charge in [0.2, 0.25) is 11.8 Å². The average molecular weight is 411 g/mol. The Labute approximate surface area is 178 Å². The molecule has 1 spiro atoms. The molecule has 1 aromatic carbocycles. The van der Waals surface area contributed by atoms with E-state index in [9.17, 15) is 4.79 Å². The van der Waals surface area contributed by atoms with Crippen molar-refractivity contribution in [1.29, 1.82) is 0 Å². The number of ether oxygens (including phenoxy) is 3. The van der Waals surface area contributed by atoms with Gasteiger partial charge in [0, 0.05) is 38.2 Å². The molecule has 3 heterocycles. The Morgan fingerprint density at radius 1 is 1.23 bits per heavy atom. The van der Waals surface area contributed by atoms with Gasteiger partial charge in [-0.15, -0.1) is 0 Å². The number of carbonyl (C=O) groups excluding carboxylic acids is 1. The molecule has 2 fully saturated rings. The summed E-state index contributed by atoms with van der Waals surface area (Å²) in [4.78, 5) is 18.7. The van der Waals surface area contributed by atoms with Crippen LogP contribution in [0.15, 0.2) is 48.7 Å². The third-order valence-electron chi connectivity index (χ3n) is 5.99. The van der Waals surface area contributed by atoms with E-state index >= 15 is 0 Å². The molecule has 30 heavy (non-hydrogen) atoms. The van der Waals surface area contributed by atoms with Crippen LogP contribution in [0.3, 0.4) is 0 Å². The van der Waals surface area contributed by atoms with Gasteiger partial charge in [-0.3, -0.25) is 4.79 Å². The fourth-order valence-electron chi connectivity index (χ4n) is 4.26. The summed E-state index contributed by atoms with van der Waals surface area (Å²) in [5.41, 5.74) is 2.02. The first-order valence-electron chi connectivity index (χ1n) is 10.7. The smallest absolute Gasteiger partial charge is 0.248 e. The molecule has 0 saturated carbocycles. The highest BCUT2D eigenvalue weighted by Crippen LogP contribution is 2.36. The second-order valence-electron chi connectivity index (χ2n) is 8.29. The number of aromatic nitrogens is 1. The number of pyridine rings is 1. The first kappa shape index (κ1) is 20.8. The van der Waals surface area contributed by atoms with Crippen molar-refractivity contribution in [2.24, 2.45) is 0 Å². The second kappa shape index (κ2) is 9.58. The summed E-state index contributed by atoms with van der Waals surface area (Å²) < 4.78 is 18.0. The summed E-state index contributed by atoms with van der Waals surface area (Å²) in [7, 11) is 0. The Balaban J connectivity index is 1.24. The minimum Gasteiger partial charge on any atom is -0.474 e. The normalized spacial score (nSPS) is 20.8. The van der Waals surface area contributed by atoms with Crippen molar-refractivity contribution in [3.8, 4) is 5.88 Å². The van der Waals surface area contributed by atoms with Gasteiger partial charge in [0.05, 0.1) is 18.8 Å². The van der Waals surface area contributed by atoms with Crippen LogP contribution in [-0.2, 0) is 20.9 Å². The van der Waals surface area contributed by atoms with Crippen molar-refractivity contribution >= 4 is 5.91 Å². The van der Waals surface area contributed by atoms with E-state index in [1.807, 2.05) is 54.3 Å². The Morgan fingerprint density at radius 2 is 2.03 bits per heavy atom. The molecular formula is C24H30N2O4. The van der Waals surface area contributed by atoms with Crippen molar-refractivity contribution in [1.82, 2.24) is 9.88 Å². The number of benzene rings is 1. The molecular weight excluding hydrogens is 380 g/mol. The van der Waals surface area contributed by atoms with Crippen LogP contribution in [0, 0.1) is 6.92 Å². The highest BCUT2D eigenvalue weighted by Gasteiger charge is 2.42. The average Bonchev–Trinajstić information content (AvgIpc) is 2.75. The van der Waals surface area contributed by atoms with Crippen LogP contribution in [0.2, 0.25) is 0 Å². The summed E-state index contributed by atoms with van der Waals surface area (Å²) in [5, 5.41) is 0. The zero-order valence-corrected chi connectivity index (χ0v) is 17.6. The third kappa shape index (κ3) is 5.37. The van der Waals surface area contributed by atoms with Crippen molar-refractivity contribution in [2.45, 2.75) is 50.9 Å². The van der Waals surface area contributed by atoms with Gasteiger partial charge in [-0.25, -0.2) is 4.98 Å². The molecule has 1 unspecified atom stereocenters. The largest absolute Gasteiger partial charge is 0.474 e. The van der Waals surface area contributed by atoms with Crippen LogP contribution in [-0.4, -0.2) is 53.8 Å². The molecule has 2 aliphatic rings. The maximum absolute atomic E-state index is 12.5. The van der Waals surface area contributed by atoms with E-state index < -0.39 is 0 Å². The van der Waals surface area contributed by atoms with E-state index in [2.05, 4.69) is 4.98 Å². The number of carbonyl (C=O) groups is 1. The molecule has 1 aromatic heterocycles. The van der Waals surface area contributed by atoms with Gasteiger partial charge in [-0.2, -0.15) is 0 Å². The van der Waals surface area contributed by atoms with Gasteiger partial charge in [0.25, 0.3) is 0 Å². The summed E-state index contributed by atoms with van der Waals surface area (Å²) in [6.07, 6.45) is 5.26. The molecule has 6 heteroatoms. The van der Waals surface area contributed by atoms with Gasteiger partial charge < -0.3 is 19.1 Å². The topological polar surface area (TPSA) is 60.9 Å². The number of nitrogens with zero attached hydrogens (tertiary/aromatic N) is 2. The Kier molecular flexibility index (Phi) is 6.65. The molecule has 1 atom stereocenters. The van der Waals surface area contributed by atoms with Crippen LogP contribution >= 0.6 is 0 Å². The van der Waals surface area contributed by atoms with E-state index in [-0.39, 0.29) is 24.2 Å². The number of hydrogen-bond acceptors (Lipinski definition) is 5. The molecule has 0 bridgehead atoms. The van der Waals surface area contributed by atoms with E-state index in [0.717, 1.165) is 36.8 Å². The predicted octanol–water partition coefficient (Wildman–Crippen LogP) is 3.53. The van der Waals surface area contributed by atoms with Crippen molar-refractivity contribution < 1.29 is 19.0 Å². The molecule has 2 aromatic rings. The molecule has 2 saturated heterocycles. The SMILES string of the molecule is Cc1ccnc(OC2CCOC3(CCN(C(=O)COCc4ccccc4)CC3)C2)c1. The van der Waals surface area contributed by atoms with Crippen LogP contribution in [0.4, 0.5) is 0 Å². The maximum atomic E-state index is 12.5. The predicted molar refractivity (Wildman–Crippen MR) is 113 cm³/mol. The Bertz CT molecular complexity index is 834. The summed E-state index contributed by atoms with van der Waals surface area (Å²) >= 11 is 0. The molecule has 0 N–H and O–H groups in total. The number of hydrogen-bond donors (Lipinski definition) is 0. The molecule has 6 nitrogen and oxygen atoms in total. The minimum atomic E-state index is -0.200. The summed E-state index contributed by atoms with van der Waals surface area (Å²) in [6.45, 7) is 4.69. The standard InChI is InChI=1S/C24H30N2O4/c1-19-7-11-25-22(15-19)30-21-8-14-29-24(16-21)9-12-26(13-10-24)23(27)18-28-17-20-5-3-2-4-6-20/h2-7,11,15,21H,8-10,12-14,16-18H2,1H3. The molecule has 4 rings (SSSR count). The first-order chi connectivity index (χ1) is 14.6. The lowest BCUT2D eigenvalue weighted by Crippen LogP contribution is -2.53. The maximum Gasteiger partial charge on any atom is 0.248 e. The van der Waals surface area contributed by atoms with Crippen LogP contribution in [0.25, 0.3) is 0 Å². The molecule has 0 aliphatic carbocycles. The van der Waals surface area contributed by atoms with Gasteiger partial charge >= 0.3 is 0 Å². The highest BCUT2D eigenvalue weighted by molar-refractivity contribution is 5.77. The third-order valence-corrected chi connectivity index (χ3v) is 5.99. The lowest BCUT2D eigenvalue weighted by Gasteiger charge is -2.45. The van der Waals surface area contributed by atoms with Gasteiger partial charge in [-0.1, -0.05) is 30.3 Å². The Hall–Kier alpha value is -2.44. The van der Waals surface area contributed by atoms with Crippen molar-refractivity contribution in [3.05, 3.63) is 59.8 Å². The van der Waals surface area contributed by atoms with Crippen LogP contribution in [0.1, 0.15) is 36.8 Å². The van der Waals surface area contributed by atoms with Crippen LogP contribution in [0.5, 0.6) is 5.88 Å². The number of likely N-dealkylation sites (tertiary alicyclic amines) is 1. The monoisotopic (exact) mass is 410 g/mol. The fourth-order valence-corrected chi connectivity index (χ4v) is 4.26. The lowest BCUT2D eigenvalue weighted by molar-refractivity contribution is -0.154. The molecule has 0 radical (unpaired) electrons. The second-order valence-corrected chi connectivity index (χ2v) is 8.29. The number of aryl methyl sites for hydroxylation is 1. The van der Waals surface area contributed by atoms with Crippen molar-refractivity contribution in [3.63, 3.8) is 0 Å². The molecule has 2 aliphatic heterocycles. The van der Waals surface area contributed by atoms with E-state index in [1.165, 1.54) is 0 Å². The number of piperidine rings is 1. The van der Waals surface area contributed by atoms with Crippen molar-refractivity contribution in [2.75, 3.05) is 26.3 Å². The quantitative estimate of drug-likeness (QED) is 0.729. The molecule has 160 valence electrons. The zero-order valence-electron chi connectivity index (χ0n) is 17.6.